The number of hydrogen-bond acceptors (Lipinski definition) is 5. The van der Waals surface area contributed by atoms with E-state index >= 15 is 0 Å². The van der Waals surface area contributed by atoms with E-state index in [9.17, 15) is 15.2 Å². The number of hydrogen-bond donors (Lipinski definition) is 2. The van der Waals surface area contributed by atoms with Gasteiger partial charge in [-0.25, -0.2) is 0 Å². The smallest absolute Gasteiger partial charge is 0.269 e. The zero-order chi connectivity index (χ0) is 16.1. The predicted molar refractivity (Wildman–Crippen MR) is 86.2 cm³/mol. The molecule has 0 aromatic heterocycles. The Kier molecular flexibility index (Phi) is 4.85. The summed E-state index contributed by atoms with van der Waals surface area (Å²) < 4.78 is 0. The highest BCUT2D eigenvalue weighted by molar-refractivity contribution is 5.82. The van der Waals surface area contributed by atoms with Gasteiger partial charge in [0.15, 0.2) is 0 Å². The second kappa shape index (κ2) is 6.82. The molecule has 0 radical (unpaired) electrons. The quantitative estimate of drug-likeness (QED) is 0.504. The fourth-order valence-electron chi connectivity index (χ4n) is 2.06. The number of aliphatic hydroxyl groups is 1. The minimum absolute atomic E-state index is 0.0112. The highest BCUT2D eigenvalue weighted by Gasteiger charge is 2.04. The van der Waals surface area contributed by atoms with Crippen LogP contribution in [0, 0.1) is 24.0 Å². The molecule has 6 nitrogen and oxygen atoms in total. The number of aliphatic hydroxyl groups excluding tert-OH is 1. The Morgan fingerprint density at radius 2 is 1.91 bits per heavy atom. The summed E-state index contributed by atoms with van der Waals surface area (Å²) in [5.41, 5.74) is 7.39. The van der Waals surface area contributed by atoms with E-state index in [1.807, 2.05) is 26.0 Å². The Morgan fingerprint density at radius 1 is 1.23 bits per heavy atom. The Morgan fingerprint density at radius 3 is 2.50 bits per heavy atom. The maximum Gasteiger partial charge on any atom is 0.269 e. The fourth-order valence-corrected chi connectivity index (χ4v) is 2.06. The average molecular weight is 299 g/mol. The molecular formula is C16H17N3O3. The first kappa shape index (κ1) is 15.7. The van der Waals surface area contributed by atoms with Gasteiger partial charge in [-0.2, -0.15) is 5.10 Å². The van der Waals surface area contributed by atoms with Crippen LogP contribution in [0.2, 0.25) is 0 Å². The Labute approximate surface area is 128 Å². The Hall–Kier alpha value is -2.73. The monoisotopic (exact) mass is 299 g/mol. The second-order valence-corrected chi connectivity index (χ2v) is 4.97. The molecule has 0 saturated carbocycles. The molecule has 0 atom stereocenters. The van der Waals surface area contributed by atoms with Crippen LogP contribution in [0.5, 0.6) is 0 Å². The maximum atomic E-state index is 10.6. The molecule has 0 heterocycles. The number of non-ortho nitro benzene ring substituents is 1. The van der Waals surface area contributed by atoms with E-state index in [-0.39, 0.29) is 12.3 Å². The zero-order valence-electron chi connectivity index (χ0n) is 12.4. The van der Waals surface area contributed by atoms with E-state index in [4.69, 9.17) is 0 Å². The lowest BCUT2D eigenvalue weighted by atomic mass is 10.0. The van der Waals surface area contributed by atoms with E-state index in [0.717, 1.165) is 22.3 Å². The summed E-state index contributed by atoms with van der Waals surface area (Å²) in [5, 5.41) is 24.0. The van der Waals surface area contributed by atoms with Gasteiger partial charge in [0, 0.05) is 12.1 Å². The van der Waals surface area contributed by atoms with Crippen LogP contribution in [0.3, 0.4) is 0 Å². The standard InChI is InChI=1S/C16H17N3O3/c1-11-7-12(2)14(10-20)8-13(11)9-17-18-15-3-5-16(6-4-15)19(21)22/h3-9,18,20H,10H2,1-2H3/b17-9+. The van der Waals surface area contributed by atoms with Gasteiger partial charge in [0.05, 0.1) is 23.4 Å². The summed E-state index contributed by atoms with van der Waals surface area (Å²) in [7, 11) is 0. The SMILES string of the molecule is Cc1cc(C)c(CO)cc1/C=N/Nc1ccc([N+](=O)[O-])cc1. The van der Waals surface area contributed by atoms with Crippen LogP contribution >= 0.6 is 0 Å². The largest absolute Gasteiger partial charge is 0.392 e. The lowest BCUT2D eigenvalue weighted by Gasteiger charge is -2.07. The molecule has 0 aliphatic carbocycles. The van der Waals surface area contributed by atoms with Gasteiger partial charge in [-0.15, -0.1) is 0 Å². The van der Waals surface area contributed by atoms with Crippen molar-refractivity contribution in [3.63, 3.8) is 0 Å². The van der Waals surface area contributed by atoms with Crippen molar-refractivity contribution in [1.29, 1.82) is 0 Å². The molecule has 0 unspecified atom stereocenters. The van der Waals surface area contributed by atoms with Crippen LogP contribution in [0.1, 0.15) is 22.3 Å². The highest BCUT2D eigenvalue weighted by atomic mass is 16.6. The van der Waals surface area contributed by atoms with Gasteiger partial charge in [0.25, 0.3) is 5.69 Å². The molecule has 2 aromatic carbocycles. The molecule has 6 heteroatoms. The van der Waals surface area contributed by atoms with E-state index in [1.165, 1.54) is 12.1 Å². The number of nitrogens with one attached hydrogen (secondary N) is 1. The maximum absolute atomic E-state index is 10.6. The van der Waals surface area contributed by atoms with Crippen molar-refractivity contribution in [3.05, 3.63) is 68.8 Å². The molecule has 0 spiro atoms. The van der Waals surface area contributed by atoms with Crippen LogP contribution in [0.15, 0.2) is 41.5 Å². The van der Waals surface area contributed by atoms with Gasteiger partial charge in [0.1, 0.15) is 0 Å². The molecule has 2 N–H and O–H groups in total. The molecular weight excluding hydrogens is 282 g/mol. The van der Waals surface area contributed by atoms with Crippen molar-refractivity contribution >= 4 is 17.6 Å². The van der Waals surface area contributed by atoms with Crippen LogP contribution in [-0.4, -0.2) is 16.2 Å². The summed E-state index contributed by atoms with van der Waals surface area (Å²) in [4.78, 5) is 10.1. The van der Waals surface area contributed by atoms with E-state index < -0.39 is 4.92 Å². The van der Waals surface area contributed by atoms with E-state index in [2.05, 4.69) is 10.5 Å². The molecule has 0 saturated heterocycles. The second-order valence-electron chi connectivity index (χ2n) is 4.97. The third-order valence-electron chi connectivity index (χ3n) is 3.37. The van der Waals surface area contributed by atoms with Crippen molar-refractivity contribution in [2.24, 2.45) is 5.10 Å². The van der Waals surface area contributed by atoms with Crippen molar-refractivity contribution in [1.82, 2.24) is 0 Å². The van der Waals surface area contributed by atoms with Crippen molar-refractivity contribution in [2.45, 2.75) is 20.5 Å². The number of hydrazone groups is 1. The Bertz CT molecular complexity index is 709. The zero-order valence-corrected chi connectivity index (χ0v) is 12.4. The summed E-state index contributed by atoms with van der Waals surface area (Å²) in [6.45, 7) is 3.92. The number of nitrogens with zero attached hydrogens (tertiary/aromatic N) is 2. The number of benzene rings is 2. The van der Waals surface area contributed by atoms with Crippen LogP contribution < -0.4 is 5.43 Å². The van der Waals surface area contributed by atoms with Gasteiger partial charge in [-0.1, -0.05) is 6.07 Å². The summed E-state index contributed by atoms with van der Waals surface area (Å²) in [5.74, 6) is 0. The van der Waals surface area contributed by atoms with Crippen molar-refractivity contribution in [3.8, 4) is 0 Å². The molecule has 0 aliphatic heterocycles. The van der Waals surface area contributed by atoms with Gasteiger partial charge in [-0.3, -0.25) is 15.5 Å². The summed E-state index contributed by atoms with van der Waals surface area (Å²) >= 11 is 0. The molecule has 0 aliphatic rings. The number of aryl methyl sites for hydroxylation is 2. The van der Waals surface area contributed by atoms with E-state index in [1.54, 1.807) is 18.3 Å². The Balaban J connectivity index is 2.11. The van der Waals surface area contributed by atoms with Gasteiger partial charge < -0.3 is 5.11 Å². The third kappa shape index (κ3) is 3.67. The predicted octanol–water partition coefficient (Wildman–Crippen LogP) is 3.15. The topological polar surface area (TPSA) is 87.8 Å². The summed E-state index contributed by atoms with van der Waals surface area (Å²) in [6, 6.07) is 9.91. The first-order chi connectivity index (χ1) is 10.5. The number of rotatable bonds is 5. The van der Waals surface area contributed by atoms with E-state index in [0.29, 0.717) is 5.69 Å². The van der Waals surface area contributed by atoms with Gasteiger partial charge in [-0.05, 0) is 54.3 Å². The van der Waals surface area contributed by atoms with Crippen molar-refractivity contribution < 1.29 is 10.0 Å². The molecule has 0 bridgehead atoms. The number of anilines is 1. The molecule has 22 heavy (non-hydrogen) atoms. The van der Waals surface area contributed by atoms with Crippen LogP contribution in [0.4, 0.5) is 11.4 Å². The number of nitro benzene ring substituents is 1. The lowest BCUT2D eigenvalue weighted by Crippen LogP contribution is -1.97. The van der Waals surface area contributed by atoms with Crippen molar-refractivity contribution in [2.75, 3.05) is 5.43 Å². The minimum atomic E-state index is -0.445. The minimum Gasteiger partial charge on any atom is -0.392 e. The number of nitro groups is 1. The summed E-state index contributed by atoms with van der Waals surface area (Å²) in [6.07, 6.45) is 1.66. The lowest BCUT2D eigenvalue weighted by molar-refractivity contribution is -0.384. The fraction of sp³-hybridized carbons (Fsp3) is 0.188. The molecule has 2 aromatic rings. The highest BCUT2D eigenvalue weighted by Crippen LogP contribution is 2.16. The first-order valence-corrected chi connectivity index (χ1v) is 6.76. The average Bonchev–Trinajstić information content (AvgIpc) is 2.50. The normalized spacial score (nSPS) is 10.9. The van der Waals surface area contributed by atoms with Gasteiger partial charge >= 0.3 is 0 Å². The molecule has 0 fully saturated rings. The van der Waals surface area contributed by atoms with Crippen LogP contribution in [0.25, 0.3) is 0 Å². The molecule has 2 rings (SSSR count). The first-order valence-electron chi connectivity index (χ1n) is 6.76. The third-order valence-corrected chi connectivity index (χ3v) is 3.37. The molecule has 114 valence electrons. The van der Waals surface area contributed by atoms with Crippen LogP contribution in [-0.2, 0) is 6.61 Å². The van der Waals surface area contributed by atoms with Gasteiger partial charge in [0.2, 0.25) is 0 Å². The molecule has 0 amide bonds.